The largest absolute Gasteiger partial charge is 0.352 e. The van der Waals surface area contributed by atoms with Crippen LogP contribution < -0.4 is 10.0 Å². The number of carbonyl (C=O) groups is 1. The van der Waals surface area contributed by atoms with E-state index in [9.17, 15) is 13.2 Å². The number of benzene rings is 1. The summed E-state index contributed by atoms with van der Waals surface area (Å²) in [7, 11) is -3.68. The lowest BCUT2D eigenvalue weighted by atomic mass is 10.1. The molecule has 6 nitrogen and oxygen atoms in total. The Morgan fingerprint density at radius 2 is 1.83 bits per heavy atom. The van der Waals surface area contributed by atoms with Crippen molar-refractivity contribution in [2.24, 2.45) is 0 Å². The second kappa shape index (κ2) is 7.90. The lowest BCUT2D eigenvalue weighted by Gasteiger charge is -2.24. The topological polar surface area (TPSA) is 78.5 Å². The first-order valence-corrected chi connectivity index (χ1v) is 9.52. The summed E-state index contributed by atoms with van der Waals surface area (Å²) in [4.78, 5) is 12.4. The Morgan fingerprint density at radius 3 is 2.35 bits per heavy atom. The maximum absolute atomic E-state index is 12.4. The molecule has 0 radical (unpaired) electrons. The standard InChI is InChI=1S/C16H25N3O3S/c1-3-19(4-2)23(21,22)18-15(16(20)17-14-10-11-14)12-13-8-6-5-7-9-13/h5-9,14-15,18H,3-4,10-12H2,1-2H3,(H,17,20)/t15-/m0/s1. The highest BCUT2D eigenvalue weighted by Crippen LogP contribution is 2.19. The second-order valence-electron chi connectivity index (χ2n) is 5.73. The van der Waals surface area contributed by atoms with Crippen LogP contribution in [0.4, 0.5) is 0 Å². The van der Waals surface area contributed by atoms with Crippen LogP contribution in [0.3, 0.4) is 0 Å². The zero-order valence-electron chi connectivity index (χ0n) is 13.7. The van der Waals surface area contributed by atoms with Gasteiger partial charge in [-0.25, -0.2) is 0 Å². The first-order chi connectivity index (χ1) is 11.0. The van der Waals surface area contributed by atoms with Gasteiger partial charge in [0.05, 0.1) is 0 Å². The van der Waals surface area contributed by atoms with E-state index in [1.165, 1.54) is 4.31 Å². The Bertz CT molecular complexity index is 611. The average Bonchev–Trinajstić information content (AvgIpc) is 3.32. The van der Waals surface area contributed by atoms with Crippen LogP contribution in [0.5, 0.6) is 0 Å². The van der Waals surface area contributed by atoms with Crippen LogP contribution in [0.15, 0.2) is 30.3 Å². The summed E-state index contributed by atoms with van der Waals surface area (Å²) >= 11 is 0. The van der Waals surface area contributed by atoms with Gasteiger partial charge in [0, 0.05) is 19.1 Å². The smallest absolute Gasteiger partial charge is 0.280 e. The molecule has 0 spiro atoms. The Balaban J connectivity index is 2.13. The Hall–Kier alpha value is -1.44. The normalized spacial score (nSPS) is 16.3. The van der Waals surface area contributed by atoms with Crippen molar-refractivity contribution >= 4 is 16.1 Å². The SMILES string of the molecule is CCN(CC)S(=O)(=O)N[C@@H](Cc1ccccc1)C(=O)NC1CC1. The van der Waals surface area contributed by atoms with Gasteiger partial charge in [-0.05, 0) is 24.8 Å². The van der Waals surface area contributed by atoms with Crippen molar-refractivity contribution in [1.82, 2.24) is 14.3 Å². The fourth-order valence-corrected chi connectivity index (χ4v) is 3.76. The third-order valence-electron chi connectivity index (χ3n) is 3.86. The van der Waals surface area contributed by atoms with Crippen molar-refractivity contribution in [3.8, 4) is 0 Å². The summed E-state index contributed by atoms with van der Waals surface area (Å²) in [6, 6.07) is 8.82. The van der Waals surface area contributed by atoms with Gasteiger partial charge in [-0.15, -0.1) is 0 Å². The molecule has 0 saturated heterocycles. The first kappa shape index (κ1) is 17.9. The summed E-state index contributed by atoms with van der Waals surface area (Å²) in [5.74, 6) is -0.257. The highest BCUT2D eigenvalue weighted by molar-refractivity contribution is 7.87. The maximum atomic E-state index is 12.4. The van der Waals surface area contributed by atoms with Crippen molar-refractivity contribution in [2.75, 3.05) is 13.1 Å². The van der Waals surface area contributed by atoms with E-state index in [1.807, 2.05) is 30.3 Å². The molecule has 7 heteroatoms. The van der Waals surface area contributed by atoms with Crippen molar-refractivity contribution in [3.63, 3.8) is 0 Å². The minimum atomic E-state index is -3.68. The van der Waals surface area contributed by atoms with Crippen molar-refractivity contribution in [3.05, 3.63) is 35.9 Å². The van der Waals surface area contributed by atoms with Crippen LogP contribution in [0.1, 0.15) is 32.3 Å². The van der Waals surface area contributed by atoms with Crippen molar-refractivity contribution < 1.29 is 13.2 Å². The molecule has 0 aliphatic heterocycles. The van der Waals surface area contributed by atoms with Crippen LogP contribution in [-0.4, -0.2) is 43.8 Å². The van der Waals surface area contributed by atoms with Crippen LogP contribution in [0.25, 0.3) is 0 Å². The van der Waals surface area contributed by atoms with Gasteiger partial charge >= 0.3 is 0 Å². The number of rotatable bonds is 9. The third-order valence-corrected chi connectivity index (χ3v) is 5.64. The number of hydrogen-bond acceptors (Lipinski definition) is 3. The minimum Gasteiger partial charge on any atom is -0.352 e. The Morgan fingerprint density at radius 1 is 1.22 bits per heavy atom. The number of hydrogen-bond donors (Lipinski definition) is 2. The molecule has 1 fully saturated rings. The molecule has 128 valence electrons. The molecule has 1 aliphatic carbocycles. The fourth-order valence-electron chi connectivity index (χ4n) is 2.38. The summed E-state index contributed by atoms with van der Waals surface area (Å²) in [5, 5.41) is 2.89. The number of amides is 1. The average molecular weight is 339 g/mol. The maximum Gasteiger partial charge on any atom is 0.280 e. The molecule has 1 aromatic carbocycles. The highest BCUT2D eigenvalue weighted by Gasteiger charge is 2.31. The molecule has 0 aromatic heterocycles. The lowest BCUT2D eigenvalue weighted by molar-refractivity contribution is -0.122. The summed E-state index contributed by atoms with van der Waals surface area (Å²) in [6.45, 7) is 4.29. The molecule has 0 unspecified atom stereocenters. The van der Waals surface area contributed by atoms with Crippen LogP contribution in [0.2, 0.25) is 0 Å². The van der Waals surface area contributed by atoms with Crippen molar-refractivity contribution in [1.29, 1.82) is 0 Å². The van der Waals surface area contributed by atoms with Gasteiger partial charge in [-0.1, -0.05) is 44.2 Å². The molecule has 23 heavy (non-hydrogen) atoms. The van der Waals surface area contributed by atoms with E-state index in [0.717, 1.165) is 18.4 Å². The number of nitrogens with one attached hydrogen (secondary N) is 2. The van der Waals surface area contributed by atoms with Gasteiger partial charge in [0.15, 0.2) is 0 Å². The van der Waals surface area contributed by atoms with Crippen molar-refractivity contribution in [2.45, 2.75) is 45.2 Å². The second-order valence-corrected chi connectivity index (χ2v) is 7.43. The number of carbonyl (C=O) groups excluding carboxylic acids is 1. The third kappa shape index (κ3) is 5.30. The van der Waals surface area contributed by atoms with Crippen LogP contribution >= 0.6 is 0 Å². The van der Waals surface area contributed by atoms with E-state index in [1.54, 1.807) is 13.8 Å². The lowest BCUT2D eigenvalue weighted by Crippen LogP contribution is -2.52. The van der Waals surface area contributed by atoms with Gasteiger partial charge < -0.3 is 5.32 Å². The summed E-state index contributed by atoms with van der Waals surface area (Å²) in [6.07, 6.45) is 2.26. The first-order valence-electron chi connectivity index (χ1n) is 8.08. The fraction of sp³-hybridized carbons (Fsp3) is 0.562. The summed E-state index contributed by atoms with van der Waals surface area (Å²) in [5.41, 5.74) is 0.922. The zero-order chi connectivity index (χ0) is 16.9. The predicted molar refractivity (Wildman–Crippen MR) is 90.1 cm³/mol. The molecule has 1 aliphatic rings. The van der Waals surface area contributed by atoms with E-state index >= 15 is 0 Å². The van der Waals surface area contributed by atoms with Gasteiger partial charge in [0.1, 0.15) is 6.04 Å². The molecule has 0 heterocycles. The molecule has 2 rings (SSSR count). The molecular formula is C16H25N3O3S. The Labute approximate surface area is 138 Å². The molecule has 1 aromatic rings. The molecular weight excluding hydrogens is 314 g/mol. The predicted octanol–water partition coefficient (Wildman–Crippen LogP) is 1.05. The number of nitrogens with zero attached hydrogens (tertiary/aromatic N) is 1. The Kier molecular flexibility index (Phi) is 6.15. The van der Waals surface area contributed by atoms with E-state index < -0.39 is 16.3 Å². The van der Waals surface area contributed by atoms with Crippen LogP contribution in [-0.2, 0) is 21.4 Å². The van der Waals surface area contributed by atoms with E-state index in [0.29, 0.717) is 19.5 Å². The highest BCUT2D eigenvalue weighted by atomic mass is 32.2. The summed E-state index contributed by atoms with van der Waals surface area (Å²) < 4.78 is 28.7. The quantitative estimate of drug-likeness (QED) is 0.706. The van der Waals surface area contributed by atoms with Gasteiger partial charge in [-0.2, -0.15) is 17.4 Å². The van der Waals surface area contributed by atoms with Crippen LogP contribution in [0, 0.1) is 0 Å². The van der Waals surface area contributed by atoms with E-state index in [4.69, 9.17) is 0 Å². The molecule has 1 amide bonds. The van der Waals surface area contributed by atoms with E-state index in [-0.39, 0.29) is 11.9 Å². The monoisotopic (exact) mass is 339 g/mol. The van der Waals surface area contributed by atoms with E-state index in [2.05, 4.69) is 10.0 Å². The van der Waals surface area contributed by atoms with Gasteiger partial charge in [0.25, 0.3) is 10.2 Å². The minimum absolute atomic E-state index is 0.193. The molecule has 2 N–H and O–H groups in total. The van der Waals surface area contributed by atoms with Gasteiger partial charge in [0.2, 0.25) is 5.91 Å². The zero-order valence-corrected chi connectivity index (χ0v) is 14.5. The molecule has 0 bridgehead atoms. The van der Waals surface area contributed by atoms with Gasteiger partial charge in [-0.3, -0.25) is 4.79 Å². The molecule has 1 atom stereocenters. The molecule has 1 saturated carbocycles.